The summed E-state index contributed by atoms with van der Waals surface area (Å²) in [4.78, 5) is 95.5. The van der Waals surface area contributed by atoms with Crippen LogP contribution in [0.15, 0.2) is 35.3 Å². The van der Waals surface area contributed by atoms with Gasteiger partial charge in [-0.25, -0.2) is 14.8 Å². The number of unbranched alkanes of at least 4 members (excludes halogenated alkanes) is 2. The Morgan fingerprint density at radius 2 is 1.30 bits per heavy atom. The zero-order valence-electron chi connectivity index (χ0n) is 35.7. The van der Waals surface area contributed by atoms with Crippen molar-refractivity contribution in [3.05, 3.63) is 69.9 Å². The number of anilines is 1. The number of hydrogen-bond donors (Lipinski definition) is 6. The molecule has 0 saturated heterocycles. The molecule has 0 aliphatic carbocycles. The zero-order chi connectivity index (χ0) is 46.1. The molecule has 362 valence electrons. The average molecular weight is 1130 g/mol. The standard InChI is InChI=1S/C34H44N6O11.C6H12O2.2ClH.2H2N.Pt/c35-34-39-30-29(32(46)40-34)37-24(21-36-30)10-7-22-5-8-23(9-6-22)31(45)38-27(33(47)48)13-11-25(41)3-1-15-49-17-19-51-20-18-50-16-2-4-26(42)12-14-28(43)44;1-2-3-4-5-6(7)8;;;;;/h5-6,8-9,21,27H,1-4,7,10-20H2,(H,38,45)(H,43,44)(H,47,48)(H3,35,36,39,40,46);2-5H2,1H3,(H,7,8);2*1H;2*1H2;/q;;;;2*-1;+4/p-2. The molecular weight excluding hydrogens is 1070 g/mol. The number of aromatic nitrogens is 4. The van der Waals surface area contributed by atoms with Crippen LogP contribution >= 0.6 is 18.8 Å². The van der Waals surface area contributed by atoms with E-state index in [1.54, 1.807) is 24.3 Å². The third-order valence-electron chi connectivity index (χ3n) is 8.53. The van der Waals surface area contributed by atoms with Crippen LogP contribution in [-0.2, 0) is 67.5 Å². The number of halogens is 2. The molecule has 1 aromatic carbocycles. The fourth-order valence-corrected chi connectivity index (χ4v) is 5.30. The third-order valence-corrected chi connectivity index (χ3v) is 8.53. The minimum absolute atomic E-state index is 0. The molecule has 1 amide bonds. The molecule has 0 aliphatic rings. The Morgan fingerprint density at radius 3 is 1.83 bits per heavy atom. The van der Waals surface area contributed by atoms with E-state index in [1.807, 2.05) is 0 Å². The van der Waals surface area contributed by atoms with Gasteiger partial charge in [0.25, 0.3) is 11.5 Å². The number of nitrogens with zero attached hydrogens (tertiary/aromatic N) is 3. The summed E-state index contributed by atoms with van der Waals surface area (Å²) in [7, 11) is 9.75. The van der Waals surface area contributed by atoms with E-state index < -0.39 is 51.9 Å². The topological polar surface area (TPSA) is 367 Å². The first-order chi connectivity index (χ1) is 29.7. The molecule has 1 unspecified atom stereocenters. The van der Waals surface area contributed by atoms with Crippen molar-refractivity contribution in [2.24, 2.45) is 0 Å². The summed E-state index contributed by atoms with van der Waals surface area (Å²) < 4.78 is 16.2. The number of carbonyl (C=O) groups excluding carboxylic acids is 3. The van der Waals surface area contributed by atoms with E-state index in [9.17, 15) is 38.7 Å². The number of nitrogens with two attached hydrogens (primary N) is 3. The number of aliphatic carboxylic acids is 3. The predicted molar refractivity (Wildman–Crippen MR) is 236 cm³/mol. The second-order valence-electron chi connectivity index (χ2n) is 13.5. The molecule has 11 N–H and O–H groups in total. The molecular formula is C40H60Cl2N8O13Pt. The number of benzene rings is 1. The maximum absolute atomic E-state index is 12.7. The molecule has 0 bridgehead atoms. The summed E-state index contributed by atoms with van der Waals surface area (Å²) >= 11 is -0.472. The average Bonchev–Trinajstić information content (AvgIpc) is 3.23. The van der Waals surface area contributed by atoms with Crippen LogP contribution in [-0.4, -0.2) is 116 Å². The maximum atomic E-state index is 12.7. The van der Waals surface area contributed by atoms with Gasteiger partial charge in [0.1, 0.15) is 17.6 Å². The van der Waals surface area contributed by atoms with Crippen LogP contribution in [0.2, 0.25) is 0 Å². The predicted octanol–water partition coefficient (Wildman–Crippen LogP) is 6.12. The van der Waals surface area contributed by atoms with Gasteiger partial charge >= 0.3 is 53.2 Å². The molecule has 64 heavy (non-hydrogen) atoms. The number of carbonyl (C=O) groups is 6. The Balaban J connectivity index is 0. The molecule has 2 heterocycles. The van der Waals surface area contributed by atoms with Gasteiger partial charge in [-0.3, -0.25) is 33.8 Å². The molecule has 21 nitrogen and oxygen atoms in total. The van der Waals surface area contributed by atoms with Gasteiger partial charge in [-0.1, -0.05) is 31.9 Å². The number of Topliss-reactive ketones (excluding diaryl/α,β-unsaturated/α-hetero) is 2. The number of carboxylic acids is 3. The molecule has 0 radical (unpaired) electrons. The van der Waals surface area contributed by atoms with Crippen molar-refractivity contribution < 1.29 is 74.8 Å². The van der Waals surface area contributed by atoms with Crippen LogP contribution in [0, 0.1) is 0 Å². The number of ether oxygens (including phenoxy) is 3. The second-order valence-corrected chi connectivity index (χ2v) is 16.8. The van der Waals surface area contributed by atoms with Gasteiger partial charge in [0.15, 0.2) is 11.2 Å². The smallest absolute Gasteiger partial charge is 0.693 e. The number of hydrogen-bond acceptors (Lipinski definition) is 14. The van der Waals surface area contributed by atoms with Crippen LogP contribution in [0.1, 0.15) is 106 Å². The van der Waals surface area contributed by atoms with Crippen molar-refractivity contribution in [3.8, 4) is 0 Å². The molecule has 0 spiro atoms. The Labute approximate surface area is 387 Å². The third kappa shape index (κ3) is 29.8. The Bertz CT molecular complexity index is 1900. The molecule has 1 atom stereocenters. The SMILES string of the molecule is CCCCCC(=O)O.Nc1nc2ncc(CCc3ccc(C(=O)NC(CCC(=O)CCCOCCOCCOCCCC(=O)CCC(=O)O)C(=O)O)cc3)nc2c(=O)[nH]1.[Cl][Pt+2][Cl].[NH2-].[NH2-]. The molecule has 3 aromatic rings. The maximum Gasteiger partial charge on any atom is -0.693 e. The summed E-state index contributed by atoms with van der Waals surface area (Å²) in [6.07, 6.45) is 7.11. The molecule has 0 fully saturated rings. The number of H-pyrrole nitrogens is 1. The number of carboxylic acid groups (broad SMARTS) is 3. The summed E-state index contributed by atoms with van der Waals surface area (Å²) in [5.74, 6) is -3.76. The van der Waals surface area contributed by atoms with Crippen molar-refractivity contribution in [2.45, 2.75) is 103 Å². The first-order valence-electron chi connectivity index (χ1n) is 19.9. The fraction of sp³-hybridized carbons (Fsp3) is 0.550. The van der Waals surface area contributed by atoms with Crippen molar-refractivity contribution in [1.82, 2.24) is 25.3 Å². The van der Waals surface area contributed by atoms with Crippen LogP contribution in [0.25, 0.3) is 23.5 Å². The zero-order valence-corrected chi connectivity index (χ0v) is 39.5. The normalized spacial score (nSPS) is 10.8. The molecule has 24 heteroatoms. The van der Waals surface area contributed by atoms with E-state index in [-0.39, 0.29) is 85.1 Å². The molecule has 3 rings (SSSR count). The van der Waals surface area contributed by atoms with Gasteiger partial charge in [0.2, 0.25) is 5.95 Å². The molecule has 2 aromatic heterocycles. The van der Waals surface area contributed by atoms with Gasteiger partial charge in [-0.05, 0) is 56.2 Å². The number of fused-ring (bicyclic) bond motifs is 1. The van der Waals surface area contributed by atoms with Crippen molar-refractivity contribution >= 4 is 71.3 Å². The van der Waals surface area contributed by atoms with Crippen LogP contribution < -0.4 is 16.6 Å². The summed E-state index contributed by atoms with van der Waals surface area (Å²) in [5, 5.41) is 28.8. The fourth-order valence-electron chi connectivity index (χ4n) is 5.30. The second kappa shape index (κ2) is 37.9. The monoisotopic (exact) mass is 1130 g/mol. The number of aromatic amines is 1. The van der Waals surface area contributed by atoms with E-state index in [2.05, 4.69) is 32.2 Å². The van der Waals surface area contributed by atoms with E-state index >= 15 is 0 Å². The van der Waals surface area contributed by atoms with Crippen molar-refractivity contribution in [1.29, 1.82) is 0 Å². The summed E-state index contributed by atoms with van der Waals surface area (Å²) in [5.41, 5.74) is 7.03. The van der Waals surface area contributed by atoms with Crippen molar-refractivity contribution in [2.75, 3.05) is 45.4 Å². The van der Waals surface area contributed by atoms with Crippen molar-refractivity contribution in [3.63, 3.8) is 0 Å². The van der Waals surface area contributed by atoms with Crippen LogP contribution in [0.3, 0.4) is 0 Å². The van der Waals surface area contributed by atoms with E-state index in [1.165, 1.54) is 6.20 Å². The molecule has 0 aliphatic heterocycles. The van der Waals surface area contributed by atoms with Gasteiger partial charge < -0.3 is 52.9 Å². The van der Waals surface area contributed by atoms with Gasteiger partial charge in [0, 0.05) is 50.9 Å². The number of nitrogens with one attached hydrogen (secondary N) is 2. The number of amides is 1. The number of ketones is 2. The Hall–Kier alpha value is -4.47. The van der Waals surface area contributed by atoms with Gasteiger partial charge in [-0.15, -0.1) is 0 Å². The quantitative estimate of drug-likeness (QED) is 0.0409. The van der Waals surface area contributed by atoms with Gasteiger partial charge in [0.05, 0.1) is 44.7 Å². The van der Waals surface area contributed by atoms with Crippen LogP contribution in [0.5, 0.6) is 0 Å². The van der Waals surface area contributed by atoms with E-state index in [4.69, 9.17) is 49.0 Å². The van der Waals surface area contributed by atoms with Gasteiger partial charge in [-0.2, -0.15) is 4.98 Å². The molecule has 0 saturated carbocycles. The number of rotatable bonds is 30. The van der Waals surface area contributed by atoms with E-state index in [0.717, 1.165) is 24.8 Å². The summed E-state index contributed by atoms with van der Waals surface area (Å²) in [6, 6.07) is 5.41. The Morgan fingerprint density at radius 1 is 0.750 bits per heavy atom. The number of aryl methyl sites for hydroxylation is 2. The Kier molecular flexibility index (Phi) is 36.4. The minimum atomic E-state index is -1.24. The van der Waals surface area contributed by atoms with E-state index in [0.29, 0.717) is 77.4 Å². The largest absolute Gasteiger partial charge is 0.693 e. The first-order valence-corrected chi connectivity index (χ1v) is 25.5. The van der Waals surface area contributed by atoms with Crippen LogP contribution in [0.4, 0.5) is 5.95 Å². The number of nitrogen functional groups attached to an aromatic ring is 1. The first kappa shape index (κ1) is 61.6. The summed E-state index contributed by atoms with van der Waals surface area (Å²) in [6.45, 7) is 4.15. The minimum Gasteiger partial charge on any atom is -0.693 e.